The van der Waals surface area contributed by atoms with E-state index < -0.39 is 12.1 Å². The molecular formula is C14H18O4. The van der Waals surface area contributed by atoms with Gasteiger partial charge in [0, 0.05) is 0 Å². The highest BCUT2D eigenvalue weighted by molar-refractivity contribution is 5.80. The van der Waals surface area contributed by atoms with Crippen LogP contribution in [-0.2, 0) is 9.53 Å². The van der Waals surface area contributed by atoms with E-state index in [1.165, 1.54) is 0 Å². The average molecular weight is 250 g/mol. The Bertz CT molecular complexity index is 426. The minimum Gasteiger partial charge on any atom is -0.478 e. The van der Waals surface area contributed by atoms with E-state index in [1.54, 1.807) is 19.1 Å². The normalized spacial score (nSPS) is 11.7. The number of ether oxygens (including phenoxy) is 2. The lowest BCUT2D eigenvalue weighted by Gasteiger charge is -2.17. The minimum absolute atomic E-state index is 0.313. The molecule has 0 N–H and O–H groups in total. The zero-order valence-corrected chi connectivity index (χ0v) is 10.9. The molecule has 0 aliphatic rings. The SMILES string of the molecule is CCOC(=O)C(CC)Oc1ccc(C)cc1C=O. The lowest BCUT2D eigenvalue weighted by Crippen LogP contribution is -2.29. The van der Waals surface area contributed by atoms with Gasteiger partial charge < -0.3 is 9.47 Å². The molecule has 0 heterocycles. The predicted molar refractivity (Wildman–Crippen MR) is 67.9 cm³/mol. The Kier molecular flexibility index (Phi) is 5.36. The van der Waals surface area contributed by atoms with E-state index in [1.807, 2.05) is 19.9 Å². The van der Waals surface area contributed by atoms with E-state index in [0.29, 0.717) is 24.3 Å². The van der Waals surface area contributed by atoms with Crippen LogP contribution in [0.3, 0.4) is 0 Å². The summed E-state index contributed by atoms with van der Waals surface area (Å²) in [6, 6.07) is 5.25. The van der Waals surface area contributed by atoms with Crippen LogP contribution in [0.5, 0.6) is 5.75 Å². The smallest absolute Gasteiger partial charge is 0.347 e. The first kappa shape index (κ1) is 14.2. The van der Waals surface area contributed by atoms with Crippen molar-refractivity contribution < 1.29 is 19.1 Å². The summed E-state index contributed by atoms with van der Waals surface area (Å²) in [7, 11) is 0. The standard InChI is InChI=1S/C14H18O4/c1-4-12(14(16)17-5-2)18-13-7-6-10(3)8-11(13)9-15/h6-9,12H,4-5H2,1-3H3. The first-order chi connectivity index (χ1) is 8.62. The maximum atomic E-state index is 11.6. The highest BCUT2D eigenvalue weighted by atomic mass is 16.6. The molecule has 18 heavy (non-hydrogen) atoms. The Morgan fingerprint density at radius 1 is 1.39 bits per heavy atom. The van der Waals surface area contributed by atoms with Gasteiger partial charge in [-0.25, -0.2) is 4.79 Å². The molecular weight excluding hydrogens is 232 g/mol. The number of rotatable bonds is 6. The van der Waals surface area contributed by atoms with E-state index in [-0.39, 0.29) is 0 Å². The van der Waals surface area contributed by atoms with E-state index in [9.17, 15) is 9.59 Å². The van der Waals surface area contributed by atoms with Gasteiger partial charge in [-0.1, -0.05) is 18.6 Å². The first-order valence-corrected chi connectivity index (χ1v) is 6.01. The lowest BCUT2D eigenvalue weighted by molar-refractivity contribution is -0.151. The second-order valence-corrected chi connectivity index (χ2v) is 3.93. The zero-order chi connectivity index (χ0) is 13.5. The highest BCUT2D eigenvalue weighted by Crippen LogP contribution is 2.20. The molecule has 0 aromatic heterocycles. The van der Waals surface area contributed by atoms with Gasteiger partial charge in [0.2, 0.25) is 0 Å². The Morgan fingerprint density at radius 2 is 2.11 bits per heavy atom. The molecule has 0 aliphatic heterocycles. The second kappa shape index (κ2) is 6.79. The quantitative estimate of drug-likeness (QED) is 0.575. The molecule has 98 valence electrons. The Hall–Kier alpha value is -1.84. The fraction of sp³-hybridized carbons (Fsp3) is 0.429. The molecule has 4 nitrogen and oxygen atoms in total. The summed E-state index contributed by atoms with van der Waals surface area (Å²) in [5.41, 5.74) is 1.41. The fourth-order valence-corrected chi connectivity index (χ4v) is 1.55. The number of aryl methyl sites for hydroxylation is 1. The van der Waals surface area contributed by atoms with Crippen molar-refractivity contribution in [2.45, 2.75) is 33.3 Å². The lowest BCUT2D eigenvalue weighted by atomic mass is 10.1. The summed E-state index contributed by atoms with van der Waals surface area (Å²) in [5, 5.41) is 0. The highest BCUT2D eigenvalue weighted by Gasteiger charge is 2.20. The van der Waals surface area contributed by atoms with Crippen molar-refractivity contribution >= 4 is 12.3 Å². The van der Waals surface area contributed by atoms with Crippen molar-refractivity contribution in [3.8, 4) is 5.75 Å². The number of hydrogen-bond donors (Lipinski definition) is 0. The van der Waals surface area contributed by atoms with Gasteiger partial charge in [0.1, 0.15) is 5.75 Å². The number of aldehydes is 1. The Morgan fingerprint density at radius 3 is 2.67 bits per heavy atom. The number of carbonyl (C=O) groups is 2. The Labute approximate surface area is 107 Å². The van der Waals surface area contributed by atoms with Crippen LogP contribution in [0, 0.1) is 6.92 Å². The molecule has 1 atom stereocenters. The van der Waals surface area contributed by atoms with Gasteiger partial charge in [-0.2, -0.15) is 0 Å². The third-order valence-electron chi connectivity index (χ3n) is 2.48. The monoisotopic (exact) mass is 250 g/mol. The molecule has 0 saturated carbocycles. The molecule has 0 fully saturated rings. The van der Waals surface area contributed by atoms with Gasteiger partial charge in [0.05, 0.1) is 12.2 Å². The van der Waals surface area contributed by atoms with Crippen molar-refractivity contribution in [3.05, 3.63) is 29.3 Å². The number of benzene rings is 1. The van der Waals surface area contributed by atoms with Crippen LogP contribution in [0.2, 0.25) is 0 Å². The number of hydrogen-bond acceptors (Lipinski definition) is 4. The molecule has 1 unspecified atom stereocenters. The van der Waals surface area contributed by atoms with Gasteiger partial charge in [-0.05, 0) is 32.4 Å². The van der Waals surface area contributed by atoms with E-state index in [4.69, 9.17) is 9.47 Å². The molecule has 0 spiro atoms. The summed E-state index contributed by atoms with van der Waals surface area (Å²) in [4.78, 5) is 22.6. The molecule has 0 radical (unpaired) electrons. The largest absolute Gasteiger partial charge is 0.478 e. The van der Waals surface area contributed by atoms with Crippen molar-refractivity contribution in [2.24, 2.45) is 0 Å². The van der Waals surface area contributed by atoms with Crippen molar-refractivity contribution in [1.82, 2.24) is 0 Å². The van der Waals surface area contributed by atoms with Gasteiger partial charge in [0.25, 0.3) is 0 Å². The fourth-order valence-electron chi connectivity index (χ4n) is 1.55. The molecule has 0 aliphatic carbocycles. The van der Waals surface area contributed by atoms with Crippen LogP contribution < -0.4 is 4.74 Å². The summed E-state index contributed by atoms with van der Waals surface area (Å²) in [5.74, 6) is 0.00734. The van der Waals surface area contributed by atoms with Crippen LogP contribution in [0.15, 0.2) is 18.2 Å². The summed E-state index contributed by atoms with van der Waals surface area (Å²) in [6.45, 7) is 5.77. The van der Waals surface area contributed by atoms with Crippen LogP contribution in [-0.4, -0.2) is 25.0 Å². The predicted octanol–water partition coefficient (Wildman–Crippen LogP) is 2.53. The third-order valence-corrected chi connectivity index (χ3v) is 2.48. The van der Waals surface area contributed by atoms with Crippen LogP contribution in [0.25, 0.3) is 0 Å². The van der Waals surface area contributed by atoms with E-state index >= 15 is 0 Å². The molecule has 0 amide bonds. The molecule has 1 aromatic rings. The van der Waals surface area contributed by atoms with Gasteiger partial charge in [0.15, 0.2) is 12.4 Å². The summed E-state index contributed by atoms with van der Waals surface area (Å²) < 4.78 is 10.5. The topological polar surface area (TPSA) is 52.6 Å². The van der Waals surface area contributed by atoms with Crippen LogP contribution in [0.4, 0.5) is 0 Å². The number of esters is 1. The maximum Gasteiger partial charge on any atom is 0.347 e. The summed E-state index contributed by atoms with van der Waals surface area (Å²) >= 11 is 0. The molecule has 4 heteroatoms. The minimum atomic E-state index is -0.675. The van der Waals surface area contributed by atoms with E-state index in [2.05, 4.69) is 0 Å². The third kappa shape index (κ3) is 3.58. The van der Waals surface area contributed by atoms with Crippen molar-refractivity contribution in [3.63, 3.8) is 0 Å². The number of carbonyl (C=O) groups excluding carboxylic acids is 2. The van der Waals surface area contributed by atoms with Crippen molar-refractivity contribution in [2.75, 3.05) is 6.61 Å². The van der Waals surface area contributed by atoms with E-state index in [0.717, 1.165) is 11.8 Å². The van der Waals surface area contributed by atoms with Crippen LogP contribution in [0.1, 0.15) is 36.2 Å². The van der Waals surface area contributed by atoms with Gasteiger partial charge >= 0.3 is 5.97 Å². The van der Waals surface area contributed by atoms with Gasteiger partial charge in [-0.15, -0.1) is 0 Å². The van der Waals surface area contributed by atoms with Gasteiger partial charge in [-0.3, -0.25) is 4.79 Å². The maximum absolute atomic E-state index is 11.6. The summed E-state index contributed by atoms with van der Waals surface area (Å²) in [6.07, 6.45) is 0.539. The average Bonchev–Trinajstić information content (AvgIpc) is 2.37. The second-order valence-electron chi connectivity index (χ2n) is 3.93. The zero-order valence-electron chi connectivity index (χ0n) is 10.9. The molecule has 1 rings (SSSR count). The van der Waals surface area contributed by atoms with Crippen molar-refractivity contribution in [1.29, 1.82) is 0 Å². The Balaban J connectivity index is 2.87. The molecule has 0 saturated heterocycles. The van der Waals surface area contributed by atoms with Crippen LogP contribution >= 0.6 is 0 Å². The first-order valence-electron chi connectivity index (χ1n) is 6.01. The molecule has 1 aromatic carbocycles. The molecule has 0 bridgehead atoms.